The van der Waals surface area contributed by atoms with Gasteiger partial charge >= 0.3 is 0 Å². The smallest absolute Gasteiger partial charge is 0.259 e. The van der Waals surface area contributed by atoms with Crippen LogP contribution in [0.1, 0.15) is 16.8 Å². The molecule has 0 bridgehead atoms. The lowest BCUT2D eigenvalue weighted by molar-refractivity contribution is -0.122. The Morgan fingerprint density at radius 3 is 2.29 bits per heavy atom. The number of halogens is 1. The third kappa shape index (κ3) is 2.06. The summed E-state index contributed by atoms with van der Waals surface area (Å²) in [6.07, 6.45) is 0. The lowest BCUT2D eigenvalue weighted by Gasteiger charge is -2.05. The van der Waals surface area contributed by atoms with Crippen molar-refractivity contribution in [3.8, 4) is 0 Å². The number of hydrogen-bond donors (Lipinski definition) is 2. The highest BCUT2D eigenvalue weighted by Gasteiger charge is 2.34. The third-order valence-electron chi connectivity index (χ3n) is 4.21. The van der Waals surface area contributed by atoms with Crippen LogP contribution in [0.25, 0.3) is 22.0 Å². The van der Waals surface area contributed by atoms with Crippen molar-refractivity contribution in [2.45, 2.75) is 6.92 Å². The molecule has 0 atom stereocenters. The van der Waals surface area contributed by atoms with Gasteiger partial charge in [0.05, 0.1) is 11.1 Å². The van der Waals surface area contributed by atoms with E-state index in [-0.39, 0.29) is 5.57 Å². The van der Waals surface area contributed by atoms with E-state index in [1.54, 1.807) is 0 Å². The number of nitrogens with one attached hydrogen (secondary N) is 2. The Hall–Kier alpha value is -3.21. The molecule has 0 saturated heterocycles. The van der Waals surface area contributed by atoms with Crippen LogP contribution >= 0.6 is 0 Å². The van der Waals surface area contributed by atoms with Crippen LogP contribution in [0.2, 0.25) is 0 Å². The number of carbonyl (C=O) groups excluding carboxylic acids is 2. The lowest BCUT2D eigenvalue weighted by atomic mass is 9.94. The van der Waals surface area contributed by atoms with Crippen LogP contribution in [-0.2, 0) is 9.59 Å². The number of fused-ring (bicyclic) bond motifs is 1. The van der Waals surface area contributed by atoms with Gasteiger partial charge in [-0.1, -0.05) is 30.3 Å². The largest absolute Gasteiger partial charge is 0.358 e. The van der Waals surface area contributed by atoms with Gasteiger partial charge in [0.25, 0.3) is 11.8 Å². The maximum atomic E-state index is 13.2. The molecule has 0 unspecified atom stereocenters. The molecule has 0 saturated carbocycles. The van der Waals surface area contributed by atoms with Crippen LogP contribution in [0.4, 0.5) is 4.39 Å². The molecule has 4 nitrogen and oxygen atoms in total. The van der Waals surface area contributed by atoms with Gasteiger partial charge < -0.3 is 4.98 Å². The molecule has 0 radical (unpaired) electrons. The molecule has 0 aliphatic carbocycles. The Bertz CT molecular complexity index is 1030. The zero-order valence-electron chi connectivity index (χ0n) is 12.8. The molecular weight excluding hydrogens is 307 g/mol. The number of benzene rings is 2. The number of aromatic amines is 1. The molecule has 24 heavy (non-hydrogen) atoms. The van der Waals surface area contributed by atoms with Crippen molar-refractivity contribution >= 4 is 33.9 Å². The summed E-state index contributed by atoms with van der Waals surface area (Å²) >= 11 is 0. The number of imide groups is 1. The van der Waals surface area contributed by atoms with Gasteiger partial charge in [0.1, 0.15) is 5.82 Å². The number of amides is 2. The van der Waals surface area contributed by atoms with Crippen LogP contribution in [0.15, 0.2) is 48.5 Å². The first kappa shape index (κ1) is 14.4. The molecular formula is C19H13FN2O2. The molecule has 1 aliphatic rings. The summed E-state index contributed by atoms with van der Waals surface area (Å²) in [4.78, 5) is 28.0. The van der Waals surface area contributed by atoms with Gasteiger partial charge in [-0.25, -0.2) is 4.39 Å². The summed E-state index contributed by atoms with van der Waals surface area (Å²) in [6.45, 7) is 1.86. The van der Waals surface area contributed by atoms with Gasteiger partial charge in [-0.2, -0.15) is 0 Å². The van der Waals surface area contributed by atoms with Crippen LogP contribution in [0, 0.1) is 12.7 Å². The number of H-pyrrole nitrogens is 1. The second-order valence-corrected chi connectivity index (χ2v) is 5.71. The Morgan fingerprint density at radius 1 is 0.875 bits per heavy atom. The predicted molar refractivity (Wildman–Crippen MR) is 89.4 cm³/mol. The molecule has 1 aliphatic heterocycles. The van der Waals surface area contributed by atoms with Gasteiger partial charge in [0.15, 0.2) is 0 Å². The number of aryl methyl sites for hydroxylation is 1. The van der Waals surface area contributed by atoms with Crippen LogP contribution < -0.4 is 5.32 Å². The first-order valence-corrected chi connectivity index (χ1v) is 7.50. The van der Waals surface area contributed by atoms with Crippen molar-refractivity contribution in [3.63, 3.8) is 0 Å². The molecule has 2 aromatic carbocycles. The molecule has 3 aromatic rings. The van der Waals surface area contributed by atoms with Crippen molar-refractivity contribution in [1.82, 2.24) is 10.3 Å². The Kier molecular flexibility index (Phi) is 3.09. The van der Waals surface area contributed by atoms with Crippen LogP contribution in [0.5, 0.6) is 0 Å². The van der Waals surface area contributed by atoms with E-state index in [9.17, 15) is 14.0 Å². The Labute approximate surface area is 137 Å². The molecule has 1 aromatic heterocycles. The highest BCUT2D eigenvalue weighted by Crippen LogP contribution is 2.36. The standard InChI is InChI=1S/C19H13FN2O2/c1-10-15(13-4-2-3-5-14(13)21-10)17-16(18(23)22-19(17)24)11-6-8-12(20)9-7-11/h2-9,21H,1H3,(H,22,23,24). The minimum Gasteiger partial charge on any atom is -0.358 e. The lowest BCUT2D eigenvalue weighted by Crippen LogP contribution is -2.22. The zero-order valence-corrected chi connectivity index (χ0v) is 12.8. The fourth-order valence-electron chi connectivity index (χ4n) is 3.18. The summed E-state index contributed by atoms with van der Waals surface area (Å²) in [5, 5.41) is 3.22. The van der Waals surface area contributed by atoms with Crippen molar-refractivity contribution in [1.29, 1.82) is 0 Å². The van der Waals surface area contributed by atoms with Gasteiger partial charge in [-0.15, -0.1) is 0 Å². The predicted octanol–water partition coefficient (Wildman–Crippen LogP) is 3.18. The monoisotopic (exact) mass is 320 g/mol. The summed E-state index contributed by atoms with van der Waals surface area (Å²) in [5.41, 5.74) is 3.50. The summed E-state index contributed by atoms with van der Waals surface area (Å²) in [5.74, 6) is -1.30. The minimum absolute atomic E-state index is 0.271. The summed E-state index contributed by atoms with van der Waals surface area (Å²) < 4.78 is 13.2. The minimum atomic E-state index is -0.466. The average molecular weight is 320 g/mol. The van der Waals surface area contributed by atoms with Crippen LogP contribution in [0.3, 0.4) is 0 Å². The first-order valence-electron chi connectivity index (χ1n) is 7.50. The fraction of sp³-hybridized carbons (Fsp3) is 0.0526. The topological polar surface area (TPSA) is 62.0 Å². The van der Waals surface area contributed by atoms with Crippen LogP contribution in [-0.4, -0.2) is 16.8 Å². The van der Waals surface area contributed by atoms with Gasteiger partial charge in [0.2, 0.25) is 0 Å². The molecule has 2 N–H and O–H groups in total. The molecule has 5 heteroatoms. The number of hydrogen-bond acceptors (Lipinski definition) is 2. The van der Waals surface area contributed by atoms with Gasteiger partial charge in [-0.3, -0.25) is 14.9 Å². The number of rotatable bonds is 2. The number of para-hydroxylation sites is 1. The highest BCUT2D eigenvalue weighted by molar-refractivity contribution is 6.50. The van der Waals surface area contributed by atoms with E-state index in [1.165, 1.54) is 24.3 Å². The van der Waals surface area contributed by atoms with E-state index < -0.39 is 17.6 Å². The molecule has 0 spiro atoms. The summed E-state index contributed by atoms with van der Waals surface area (Å²) in [6, 6.07) is 13.2. The fourth-order valence-corrected chi connectivity index (χ4v) is 3.18. The van der Waals surface area contributed by atoms with Crippen molar-refractivity contribution in [2.24, 2.45) is 0 Å². The normalized spacial score (nSPS) is 14.6. The van der Waals surface area contributed by atoms with Crippen molar-refractivity contribution in [2.75, 3.05) is 0 Å². The maximum absolute atomic E-state index is 13.2. The Balaban J connectivity index is 2.05. The molecule has 2 heterocycles. The first-order chi connectivity index (χ1) is 11.6. The molecule has 4 rings (SSSR count). The van der Waals surface area contributed by atoms with Crippen molar-refractivity contribution < 1.29 is 14.0 Å². The van der Waals surface area contributed by atoms with Gasteiger partial charge in [-0.05, 0) is 30.7 Å². The Morgan fingerprint density at radius 2 is 1.54 bits per heavy atom. The SMILES string of the molecule is Cc1[nH]c2ccccc2c1C1=C(c2ccc(F)cc2)C(=O)NC1=O. The second-order valence-electron chi connectivity index (χ2n) is 5.71. The number of carbonyl (C=O) groups is 2. The van der Waals surface area contributed by atoms with E-state index >= 15 is 0 Å². The van der Waals surface area contributed by atoms with E-state index in [1.807, 2.05) is 31.2 Å². The second kappa shape index (κ2) is 5.16. The zero-order chi connectivity index (χ0) is 16.8. The third-order valence-corrected chi connectivity index (χ3v) is 4.21. The van der Waals surface area contributed by atoms with E-state index in [0.717, 1.165) is 16.6 Å². The van der Waals surface area contributed by atoms with E-state index in [0.29, 0.717) is 16.7 Å². The van der Waals surface area contributed by atoms with E-state index in [2.05, 4.69) is 10.3 Å². The summed E-state index contributed by atoms with van der Waals surface area (Å²) in [7, 11) is 0. The highest BCUT2D eigenvalue weighted by atomic mass is 19.1. The van der Waals surface area contributed by atoms with Crippen molar-refractivity contribution in [3.05, 3.63) is 71.2 Å². The molecule has 2 amide bonds. The van der Waals surface area contributed by atoms with E-state index in [4.69, 9.17) is 0 Å². The molecule has 118 valence electrons. The maximum Gasteiger partial charge on any atom is 0.259 e. The molecule has 0 fully saturated rings. The quantitative estimate of drug-likeness (QED) is 0.712. The van der Waals surface area contributed by atoms with Gasteiger partial charge in [0, 0.05) is 22.2 Å². The average Bonchev–Trinajstić information content (AvgIpc) is 3.03. The number of aromatic nitrogens is 1.